The van der Waals surface area contributed by atoms with Crippen LogP contribution in [-0.4, -0.2) is 42.2 Å². The molecule has 2 unspecified atom stereocenters. The number of piperidine rings is 1. The lowest BCUT2D eigenvalue weighted by Gasteiger charge is -2.33. The maximum atomic E-state index is 12.3. The van der Waals surface area contributed by atoms with Crippen molar-refractivity contribution in [1.82, 2.24) is 4.90 Å². The summed E-state index contributed by atoms with van der Waals surface area (Å²) in [5, 5.41) is 9.02. The first-order chi connectivity index (χ1) is 9.58. The molecule has 1 saturated heterocycles. The van der Waals surface area contributed by atoms with Gasteiger partial charge >= 0.3 is 0 Å². The van der Waals surface area contributed by atoms with Crippen LogP contribution in [0.25, 0.3) is 0 Å². The number of aliphatic hydroxyl groups excluding tert-OH is 1. The van der Waals surface area contributed by atoms with Gasteiger partial charge in [0.15, 0.2) is 0 Å². The molecule has 1 fully saturated rings. The minimum absolute atomic E-state index is 0.235. The Morgan fingerprint density at radius 2 is 2.15 bits per heavy atom. The average molecular weight is 284 g/mol. The van der Waals surface area contributed by atoms with E-state index in [4.69, 9.17) is 10.8 Å². The number of nitrogens with two attached hydrogens (primary N) is 1. The molecule has 4 heteroatoms. The standard InChI is InChI=1S/C16H32N2O2/c1-13(2)15(7-9-17)5-6-16(20)18-10-3-4-14(12-18)8-11-19/h13-15,19H,3-12,17H2,1-2H3. The number of likely N-dealkylation sites (tertiary alicyclic amines) is 1. The summed E-state index contributed by atoms with van der Waals surface area (Å²) in [6.45, 7) is 7.09. The van der Waals surface area contributed by atoms with E-state index >= 15 is 0 Å². The Hall–Kier alpha value is -0.610. The quantitative estimate of drug-likeness (QED) is 0.716. The highest BCUT2D eigenvalue weighted by molar-refractivity contribution is 5.76. The molecule has 20 heavy (non-hydrogen) atoms. The van der Waals surface area contributed by atoms with Crippen molar-refractivity contribution in [2.24, 2.45) is 23.5 Å². The summed E-state index contributed by atoms with van der Waals surface area (Å²) in [6, 6.07) is 0. The number of nitrogens with zero attached hydrogens (tertiary/aromatic N) is 1. The summed E-state index contributed by atoms with van der Waals surface area (Å²) in [6.07, 6.45) is 5.66. The van der Waals surface area contributed by atoms with Crippen LogP contribution < -0.4 is 5.73 Å². The van der Waals surface area contributed by atoms with E-state index in [-0.39, 0.29) is 12.5 Å². The van der Waals surface area contributed by atoms with Crippen molar-refractivity contribution < 1.29 is 9.90 Å². The molecule has 1 amide bonds. The molecule has 0 aromatic heterocycles. The van der Waals surface area contributed by atoms with Gasteiger partial charge in [0.25, 0.3) is 0 Å². The Bertz CT molecular complexity index is 280. The SMILES string of the molecule is CC(C)C(CCN)CCC(=O)N1CCCC(CCO)C1. The van der Waals surface area contributed by atoms with Crippen molar-refractivity contribution in [2.45, 2.75) is 52.4 Å². The van der Waals surface area contributed by atoms with Gasteiger partial charge in [-0.3, -0.25) is 4.79 Å². The number of carbonyl (C=O) groups excluding carboxylic acids is 1. The highest BCUT2D eigenvalue weighted by atomic mass is 16.3. The highest BCUT2D eigenvalue weighted by Gasteiger charge is 2.24. The van der Waals surface area contributed by atoms with Gasteiger partial charge in [-0.05, 0) is 56.4 Å². The Morgan fingerprint density at radius 1 is 1.40 bits per heavy atom. The molecule has 0 radical (unpaired) electrons. The van der Waals surface area contributed by atoms with Gasteiger partial charge in [-0.2, -0.15) is 0 Å². The van der Waals surface area contributed by atoms with Gasteiger partial charge < -0.3 is 15.7 Å². The Labute approximate surface area is 123 Å². The van der Waals surface area contributed by atoms with Crippen LogP contribution in [0.15, 0.2) is 0 Å². The molecule has 118 valence electrons. The van der Waals surface area contributed by atoms with Gasteiger partial charge in [-0.15, -0.1) is 0 Å². The fourth-order valence-corrected chi connectivity index (χ4v) is 3.20. The number of carbonyl (C=O) groups is 1. The van der Waals surface area contributed by atoms with Crippen LogP contribution in [0.1, 0.15) is 52.4 Å². The number of hydrogen-bond donors (Lipinski definition) is 2. The molecule has 1 aliphatic heterocycles. The monoisotopic (exact) mass is 284 g/mol. The zero-order valence-electron chi connectivity index (χ0n) is 13.2. The molecule has 1 rings (SSSR count). The Morgan fingerprint density at radius 3 is 2.75 bits per heavy atom. The van der Waals surface area contributed by atoms with Crippen molar-refractivity contribution in [2.75, 3.05) is 26.2 Å². The van der Waals surface area contributed by atoms with Crippen LogP contribution in [-0.2, 0) is 4.79 Å². The molecule has 0 aliphatic carbocycles. The first kappa shape index (κ1) is 17.4. The van der Waals surface area contributed by atoms with E-state index in [1.165, 1.54) is 0 Å². The van der Waals surface area contributed by atoms with E-state index in [1.807, 2.05) is 4.90 Å². The van der Waals surface area contributed by atoms with Crippen LogP contribution in [0.5, 0.6) is 0 Å². The first-order valence-electron chi connectivity index (χ1n) is 8.17. The lowest BCUT2D eigenvalue weighted by molar-refractivity contribution is -0.133. The van der Waals surface area contributed by atoms with Gasteiger partial charge in [0, 0.05) is 26.1 Å². The summed E-state index contributed by atoms with van der Waals surface area (Å²) in [5.74, 6) is 1.93. The molecule has 1 heterocycles. The molecular weight excluding hydrogens is 252 g/mol. The third-order valence-corrected chi connectivity index (χ3v) is 4.62. The minimum atomic E-state index is 0.235. The van der Waals surface area contributed by atoms with E-state index in [2.05, 4.69) is 13.8 Å². The molecule has 0 spiro atoms. The molecule has 3 N–H and O–H groups in total. The molecule has 0 bridgehead atoms. The van der Waals surface area contributed by atoms with Crippen molar-refractivity contribution in [3.8, 4) is 0 Å². The van der Waals surface area contributed by atoms with Gasteiger partial charge in [-0.25, -0.2) is 0 Å². The van der Waals surface area contributed by atoms with Crippen LogP contribution in [0, 0.1) is 17.8 Å². The summed E-state index contributed by atoms with van der Waals surface area (Å²) in [5.41, 5.74) is 5.65. The molecule has 0 aromatic carbocycles. The number of amides is 1. The zero-order valence-corrected chi connectivity index (χ0v) is 13.2. The Kier molecular flexibility index (Phi) is 8.15. The van der Waals surface area contributed by atoms with E-state index in [1.54, 1.807) is 0 Å². The van der Waals surface area contributed by atoms with Gasteiger partial charge in [0.1, 0.15) is 0 Å². The summed E-state index contributed by atoms with van der Waals surface area (Å²) >= 11 is 0. The summed E-state index contributed by atoms with van der Waals surface area (Å²) in [4.78, 5) is 14.3. The fraction of sp³-hybridized carbons (Fsp3) is 0.938. The molecule has 4 nitrogen and oxygen atoms in total. The van der Waals surface area contributed by atoms with E-state index in [0.29, 0.717) is 30.7 Å². The second-order valence-electron chi connectivity index (χ2n) is 6.48. The molecule has 1 aliphatic rings. The zero-order chi connectivity index (χ0) is 15.0. The maximum Gasteiger partial charge on any atom is 0.222 e. The second kappa shape index (κ2) is 9.35. The molecule has 0 aromatic rings. The minimum Gasteiger partial charge on any atom is -0.396 e. The highest BCUT2D eigenvalue weighted by Crippen LogP contribution is 2.23. The van der Waals surface area contributed by atoms with E-state index in [9.17, 15) is 4.79 Å². The lowest BCUT2D eigenvalue weighted by Crippen LogP contribution is -2.40. The predicted octanol–water partition coefficient (Wildman–Crippen LogP) is 2.01. The van der Waals surface area contributed by atoms with Crippen molar-refractivity contribution in [3.05, 3.63) is 0 Å². The molecular formula is C16H32N2O2. The smallest absolute Gasteiger partial charge is 0.222 e. The van der Waals surface area contributed by atoms with Crippen LogP contribution in [0.3, 0.4) is 0 Å². The third kappa shape index (κ3) is 5.80. The number of hydrogen-bond acceptors (Lipinski definition) is 3. The lowest BCUT2D eigenvalue weighted by atomic mass is 9.88. The topological polar surface area (TPSA) is 66.6 Å². The normalized spacial score (nSPS) is 21.2. The van der Waals surface area contributed by atoms with Gasteiger partial charge in [0.05, 0.1) is 0 Å². The first-order valence-corrected chi connectivity index (χ1v) is 8.17. The van der Waals surface area contributed by atoms with Gasteiger partial charge in [0.2, 0.25) is 5.91 Å². The second-order valence-corrected chi connectivity index (χ2v) is 6.48. The largest absolute Gasteiger partial charge is 0.396 e. The maximum absolute atomic E-state index is 12.3. The van der Waals surface area contributed by atoms with Crippen molar-refractivity contribution >= 4 is 5.91 Å². The van der Waals surface area contributed by atoms with Crippen molar-refractivity contribution in [3.63, 3.8) is 0 Å². The van der Waals surface area contributed by atoms with Crippen molar-refractivity contribution in [1.29, 1.82) is 0 Å². The van der Waals surface area contributed by atoms with Gasteiger partial charge in [-0.1, -0.05) is 13.8 Å². The van der Waals surface area contributed by atoms with E-state index in [0.717, 1.165) is 45.2 Å². The van der Waals surface area contributed by atoms with Crippen LogP contribution in [0.2, 0.25) is 0 Å². The molecule has 0 saturated carbocycles. The summed E-state index contributed by atoms with van der Waals surface area (Å²) in [7, 11) is 0. The van der Waals surface area contributed by atoms with Crippen LogP contribution >= 0.6 is 0 Å². The molecule has 2 atom stereocenters. The van der Waals surface area contributed by atoms with Crippen LogP contribution in [0.4, 0.5) is 0 Å². The predicted molar refractivity (Wildman–Crippen MR) is 82.2 cm³/mol. The number of aliphatic hydroxyl groups is 1. The third-order valence-electron chi connectivity index (χ3n) is 4.62. The average Bonchev–Trinajstić information content (AvgIpc) is 2.43. The summed E-state index contributed by atoms with van der Waals surface area (Å²) < 4.78 is 0. The fourth-order valence-electron chi connectivity index (χ4n) is 3.20. The van der Waals surface area contributed by atoms with E-state index < -0.39 is 0 Å². The number of rotatable bonds is 8. The Balaban J connectivity index is 2.37.